The van der Waals surface area contributed by atoms with Gasteiger partial charge in [0.15, 0.2) is 0 Å². The maximum absolute atomic E-state index is 13.2. The van der Waals surface area contributed by atoms with Crippen molar-refractivity contribution in [3.05, 3.63) is 57.9 Å². The summed E-state index contributed by atoms with van der Waals surface area (Å²) in [4.78, 5) is 4.10. The summed E-state index contributed by atoms with van der Waals surface area (Å²) in [5.41, 5.74) is 15.3. The second kappa shape index (κ2) is 8.88. The van der Waals surface area contributed by atoms with E-state index in [4.69, 9.17) is 11.5 Å². The highest BCUT2D eigenvalue weighted by molar-refractivity contribution is 6.21. The summed E-state index contributed by atoms with van der Waals surface area (Å²) >= 11 is 0. The van der Waals surface area contributed by atoms with Crippen molar-refractivity contribution in [1.29, 1.82) is 0 Å². The van der Waals surface area contributed by atoms with E-state index in [0.717, 1.165) is 12.1 Å². The van der Waals surface area contributed by atoms with Crippen LogP contribution in [0.25, 0.3) is 17.3 Å². The molecule has 0 radical (unpaired) electrons. The van der Waals surface area contributed by atoms with Gasteiger partial charge in [-0.2, -0.15) is 13.2 Å². The molecular weight excluding hydrogens is 437 g/mol. The number of allylic oxidation sites excluding steroid dienone is 1. The van der Waals surface area contributed by atoms with E-state index >= 15 is 0 Å². The quantitative estimate of drug-likeness (QED) is 0.353. The second-order valence-corrected chi connectivity index (χ2v) is 7.48. The SMILES string of the molecule is CN=C(C)/C(=C\N)c1cc2c(nn1)=C([O-])N(C)NC=2N[C@H](C)c1cc(N)cc(C(F)(F)F)c1. The summed E-state index contributed by atoms with van der Waals surface area (Å²) in [7, 11) is 3.10. The minimum absolute atomic E-state index is 0.0111. The van der Waals surface area contributed by atoms with E-state index in [-0.39, 0.29) is 11.0 Å². The lowest BCUT2D eigenvalue weighted by atomic mass is 10.0. The molecule has 0 saturated heterocycles. The van der Waals surface area contributed by atoms with E-state index in [0.29, 0.717) is 33.6 Å². The van der Waals surface area contributed by atoms with Gasteiger partial charge in [0.25, 0.3) is 0 Å². The molecule has 2 aromatic rings. The molecule has 0 fully saturated rings. The number of benzene rings is 1. The van der Waals surface area contributed by atoms with Gasteiger partial charge in [0.2, 0.25) is 0 Å². The summed E-state index contributed by atoms with van der Waals surface area (Å²) in [6.45, 7) is 3.42. The molecule has 9 nitrogen and oxygen atoms in total. The van der Waals surface area contributed by atoms with Crippen LogP contribution in [0.15, 0.2) is 35.5 Å². The third kappa shape index (κ3) is 4.78. The first-order valence-corrected chi connectivity index (χ1v) is 9.86. The molecule has 1 aliphatic rings. The van der Waals surface area contributed by atoms with Crippen LogP contribution in [0, 0.1) is 0 Å². The van der Waals surface area contributed by atoms with Gasteiger partial charge in [-0.05, 0) is 43.7 Å². The van der Waals surface area contributed by atoms with E-state index < -0.39 is 23.7 Å². The number of aromatic nitrogens is 2. The maximum Gasteiger partial charge on any atom is 0.416 e. The summed E-state index contributed by atoms with van der Waals surface area (Å²) in [6.07, 6.45) is -3.20. The van der Waals surface area contributed by atoms with E-state index in [2.05, 4.69) is 25.9 Å². The molecule has 3 rings (SSSR count). The van der Waals surface area contributed by atoms with Crippen molar-refractivity contribution >= 4 is 28.7 Å². The minimum atomic E-state index is -4.53. The topological polar surface area (TPSA) is 141 Å². The van der Waals surface area contributed by atoms with Crippen molar-refractivity contribution < 1.29 is 18.3 Å². The fourth-order valence-electron chi connectivity index (χ4n) is 3.32. The molecule has 2 heterocycles. The van der Waals surface area contributed by atoms with Crippen molar-refractivity contribution in [1.82, 2.24) is 25.9 Å². The number of nitrogens with one attached hydrogen (secondary N) is 2. The molecular formula is C21H24F3N8O-. The lowest BCUT2D eigenvalue weighted by molar-refractivity contribution is -0.274. The Bertz CT molecular complexity index is 1250. The number of hydrogen-bond donors (Lipinski definition) is 4. The Labute approximate surface area is 188 Å². The summed E-state index contributed by atoms with van der Waals surface area (Å²) in [6, 6.07) is 4.37. The molecule has 0 spiro atoms. The number of aliphatic imine (C=N–C) groups is 1. The smallest absolute Gasteiger partial charge is 0.416 e. The first-order chi connectivity index (χ1) is 15.5. The molecule has 1 aromatic carbocycles. The third-order valence-electron chi connectivity index (χ3n) is 5.18. The fourth-order valence-corrected chi connectivity index (χ4v) is 3.32. The number of halogens is 3. The van der Waals surface area contributed by atoms with Crippen molar-refractivity contribution in [3.63, 3.8) is 0 Å². The second-order valence-electron chi connectivity index (χ2n) is 7.48. The number of nitrogen functional groups attached to an aromatic ring is 1. The van der Waals surface area contributed by atoms with Crippen molar-refractivity contribution in [2.75, 3.05) is 19.8 Å². The number of rotatable bonds is 5. The molecule has 6 N–H and O–H groups in total. The van der Waals surface area contributed by atoms with Gasteiger partial charge in [0.1, 0.15) is 11.2 Å². The van der Waals surface area contributed by atoms with E-state index in [1.807, 2.05) is 0 Å². The molecule has 0 amide bonds. The van der Waals surface area contributed by atoms with Crippen molar-refractivity contribution in [3.8, 4) is 0 Å². The van der Waals surface area contributed by atoms with Crippen molar-refractivity contribution in [2.45, 2.75) is 26.1 Å². The number of hydrogen-bond acceptors (Lipinski definition) is 9. The van der Waals surface area contributed by atoms with Crippen LogP contribution in [-0.4, -0.2) is 35.0 Å². The first-order valence-electron chi connectivity index (χ1n) is 9.86. The number of nitrogens with zero attached hydrogens (tertiary/aromatic N) is 4. The molecule has 1 aliphatic heterocycles. The van der Waals surface area contributed by atoms with Crippen LogP contribution in [0.2, 0.25) is 0 Å². The lowest BCUT2D eigenvalue weighted by Crippen LogP contribution is -2.55. The number of hydrazine groups is 1. The molecule has 33 heavy (non-hydrogen) atoms. The van der Waals surface area contributed by atoms with Gasteiger partial charge in [0, 0.05) is 48.4 Å². The van der Waals surface area contributed by atoms with E-state index in [9.17, 15) is 18.3 Å². The molecule has 12 heteroatoms. The van der Waals surface area contributed by atoms with Gasteiger partial charge in [-0.25, -0.2) is 0 Å². The third-order valence-corrected chi connectivity index (χ3v) is 5.18. The molecule has 0 unspecified atom stereocenters. The van der Waals surface area contributed by atoms with Gasteiger partial charge in [0.05, 0.1) is 17.3 Å². The highest BCUT2D eigenvalue weighted by atomic mass is 19.4. The van der Waals surface area contributed by atoms with Crippen LogP contribution in [-0.2, 0) is 6.18 Å². The van der Waals surface area contributed by atoms with Gasteiger partial charge in [-0.1, -0.05) is 0 Å². The Kier molecular flexibility index (Phi) is 6.38. The summed E-state index contributed by atoms with van der Waals surface area (Å²) in [5.74, 6) is -0.0704. The van der Waals surface area contributed by atoms with Crippen LogP contribution in [0.3, 0.4) is 0 Å². The van der Waals surface area contributed by atoms with E-state index in [1.165, 1.54) is 24.3 Å². The van der Waals surface area contributed by atoms with Crippen LogP contribution in [0.4, 0.5) is 18.9 Å². The number of alkyl halides is 3. The number of fused-ring (bicyclic) bond motifs is 1. The molecule has 1 aromatic heterocycles. The predicted octanol–water partition coefficient (Wildman–Crippen LogP) is -0.240. The number of nitrogens with two attached hydrogens (primary N) is 2. The first kappa shape index (κ1) is 23.7. The van der Waals surface area contributed by atoms with Gasteiger partial charge >= 0.3 is 6.18 Å². The maximum atomic E-state index is 13.2. The van der Waals surface area contributed by atoms with Crippen LogP contribution in [0.1, 0.15) is 36.7 Å². The monoisotopic (exact) mass is 461 g/mol. The molecule has 176 valence electrons. The highest BCUT2D eigenvalue weighted by Crippen LogP contribution is 2.32. The lowest BCUT2D eigenvalue weighted by Gasteiger charge is -2.33. The Morgan fingerprint density at radius 1 is 1.27 bits per heavy atom. The van der Waals surface area contributed by atoms with Crippen LogP contribution in [0.5, 0.6) is 0 Å². The fraction of sp³-hybridized carbons (Fsp3) is 0.286. The van der Waals surface area contributed by atoms with Gasteiger partial charge < -0.3 is 26.9 Å². The highest BCUT2D eigenvalue weighted by Gasteiger charge is 2.31. The Balaban J connectivity index is 2.13. The predicted molar refractivity (Wildman–Crippen MR) is 118 cm³/mol. The summed E-state index contributed by atoms with van der Waals surface area (Å²) < 4.78 is 39.7. The van der Waals surface area contributed by atoms with Gasteiger partial charge in [-0.15, -0.1) is 10.2 Å². The zero-order valence-electron chi connectivity index (χ0n) is 18.4. The zero-order chi connectivity index (χ0) is 24.5. The Morgan fingerprint density at radius 2 is 1.97 bits per heavy atom. The van der Waals surface area contributed by atoms with Crippen LogP contribution >= 0.6 is 0 Å². The normalized spacial score (nSPS) is 15.8. The molecule has 0 saturated carbocycles. The number of anilines is 1. The zero-order valence-corrected chi connectivity index (χ0v) is 18.4. The Hall–Kier alpha value is -3.96. The molecule has 1 atom stereocenters. The van der Waals surface area contributed by atoms with Gasteiger partial charge in [-0.3, -0.25) is 10.4 Å². The average molecular weight is 461 g/mol. The summed E-state index contributed by atoms with van der Waals surface area (Å²) in [5, 5.41) is 25.5. The average Bonchev–Trinajstić information content (AvgIpc) is 2.76. The standard InChI is InChI=1S/C21H25F3N8O/c1-10(12-5-13(21(22,23)24)7-14(26)6-12)28-19-15-8-17(16(9-25)11(2)27-3)29-30-18(15)20(33)32(4)31-19/h5-10,28,31,33H,25-26H2,1-4H3/p-1/b16-9+,27-11?/t10-/m1/s1. The largest absolute Gasteiger partial charge is 0.857 e. The van der Waals surface area contributed by atoms with Crippen molar-refractivity contribution in [2.24, 2.45) is 10.7 Å². The minimum Gasteiger partial charge on any atom is -0.857 e. The van der Waals surface area contributed by atoms with Crippen LogP contribution < -0.4 is 37.9 Å². The molecule has 0 bridgehead atoms. The Morgan fingerprint density at radius 3 is 2.58 bits per heavy atom. The molecule has 0 aliphatic carbocycles. The van der Waals surface area contributed by atoms with E-state index in [1.54, 1.807) is 27.0 Å².